The van der Waals surface area contributed by atoms with E-state index < -0.39 is 0 Å². The fourth-order valence-corrected chi connectivity index (χ4v) is 3.09. The van der Waals surface area contributed by atoms with Crippen LogP contribution in [0.4, 0.5) is 0 Å². The summed E-state index contributed by atoms with van der Waals surface area (Å²) in [6.45, 7) is 10.5. The molecule has 0 aromatic heterocycles. The molecule has 108 valence electrons. The molecule has 3 nitrogen and oxygen atoms in total. The van der Waals surface area contributed by atoms with Crippen LogP contribution >= 0.6 is 0 Å². The van der Waals surface area contributed by atoms with E-state index in [1.807, 2.05) is 0 Å². The Morgan fingerprint density at radius 1 is 1.28 bits per heavy atom. The predicted octanol–water partition coefficient (Wildman–Crippen LogP) is 2.18. The molecule has 1 aliphatic rings. The van der Waals surface area contributed by atoms with Gasteiger partial charge in [0.05, 0.1) is 0 Å². The van der Waals surface area contributed by atoms with Crippen molar-refractivity contribution in [2.75, 3.05) is 33.7 Å². The van der Waals surface area contributed by atoms with Gasteiger partial charge in [0.15, 0.2) is 0 Å². The Kier molecular flexibility index (Phi) is 7.20. The second-order valence-corrected chi connectivity index (χ2v) is 6.07. The van der Waals surface area contributed by atoms with Crippen molar-refractivity contribution in [1.29, 1.82) is 0 Å². The third kappa shape index (κ3) is 4.87. The van der Waals surface area contributed by atoms with Crippen molar-refractivity contribution in [3.63, 3.8) is 0 Å². The first kappa shape index (κ1) is 15.9. The Balaban J connectivity index is 2.37. The van der Waals surface area contributed by atoms with Crippen molar-refractivity contribution in [3.05, 3.63) is 0 Å². The van der Waals surface area contributed by atoms with Crippen LogP contribution in [0, 0.1) is 0 Å². The molecule has 1 saturated heterocycles. The van der Waals surface area contributed by atoms with Gasteiger partial charge < -0.3 is 10.2 Å². The highest BCUT2D eigenvalue weighted by atomic mass is 15.2. The quantitative estimate of drug-likeness (QED) is 0.717. The van der Waals surface area contributed by atoms with Gasteiger partial charge in [0.25, 0.3) is 0 Å². The zero-order chi connectivity index (χ0) is 13.5. The van der Waals surface area contributed by atoms with Gasteiger partial charge in [-0.1, -0.05) is 13.8 Å². The van der Waals surface area contributed by atoms with Crippen LogP contribution in [-0.4, -0.2) is 61.7 Å². The minimum absolute atomic E-state index is 0.665. The van der Waals surface area contributed by atoms with Gasteiger partial charge in [0.1, 0.15) is 0 Å². The molecule has 2 unspecified atom stereocenters. The Bertz CT molecular complexity index is 214. The van der Waals surface area contributed by atoms with Crippen molar-refractivity contribution < 1.29 is 0 Å². The largest absolute Gasteiger partial charge is 0.312 e. The van der Waals surface area contributed by atoms with Crippen LogP contribution in [0.2, 0.25) is 0 Å². The Hall–Kier alpha value is -0.120. The summed E-state index contributed by atoms with van der Waals surface area (Å²) in [5.41, 5.74) is 0. The molecule has 0 aromatic rings. The van der Waals surface area contributed by atoms with E-state index in [1.54, 1.807) is 0 Å². The van der Waals surface area contributed by atoms with E-state index in [0.717, 1.165) is 12.6 Å². The molecule has 1 aliphatic heterocycles. The summed E-state index contributed by atoms with van der Waals surface area (Å²) in [6.07, 6.45) is 5.22. The average Bonchev–Trinajstić information content (AvgIpc) is 2.77. The van der Waals surface area contributed by atoms with Gasteiger partial charge in [-0.25, -0.2) is 0 Å². The SMILES string of the molecule is CCC(CC)NCC(C)N1CCCC1CN(C)C. The highest BCUT2D eigenvalue weighted by Gasteiger charge is 2.28. The van der Waals surface area contributed by atoms with Gasteiger partial charge in [-0.15, -0.1) is 0 Å². The first-order valence-corrected chi connectivity index (χ1v) is 7.72. The monoisotopic (exact) mass is 255 g/mol. The van der Waals surface area contributed by atoms with Crippen LogP contribution in [-0.2, 0) is 0 Å². The zero-order valence-electron chi connectivity index (χ0n) is 13.1. The third-order valence-corrected chi connectivity index (χ3v) is 4.25. The molecule has 0 radical (unpaired) electrons. The first-order chi connectivity index (χ1) is 8.58. The van der Waals surface area contributed by atoms with Gasteiger partial charge in [0.2, 0.25) is 0 Å². The van der Waals surface area contributed by atoms with Crippen molar-refractivity contribution in [2.45, 2.75) is 64.6 Å². The predicted molar refractivity (Wildman–Crippen MR) is 80.1 cm³/mol. The Labute approximate surface area is 114 Å². The highest BCUT2D eigenvalue weighted by molar-refractivity contribution is 4.85. The Morgan fingerprint density at radius 2 is 1.94 bits per heavy atom. The summed E-state index contributed by atoms with van der Waals surface area (Å²) in [5, 5.41) is 3.71. The van der Waals surface area contributed by atoms with E-state index in [2.05, 4.69) is 50.0 Å². The van der Waals surface area contributed by atoms with Crippen LogP contribution < -0.4 is 5.32 Å². The van der Waals surface area contributed by atoms with E-state index in [9.17, 15) is 0 Å². The van der Waals surface area contributed by atoms with Gasteiger partial charge in [-0.05, 0) is 53.2 Å². The lowest BCUT2D eigenvalue weighted by Gasteiger charge is -2.33. The van der Waals surface area contributed by atoms with Crippen LogP contribution in [0.5, 0.6) is 0 Å². The smallest absolute Gasteiger partial charge is 0.0226 e. The third-order valence-electron chi connectivity index (χ3n) is 4.25. The average molecular weight is 255 g/mol. The molecule has 0 spiro atoms. The molecule has 0 aromatic carbocycles. The summed E-state index contributed by atoms with van der Waals surface area (Å²) in [7, 11) is 4.37. The maximum atomic E-state index is 3.71. The van der Waals surface area contributed by atoms with Crippen LogP contribution in [0.1, 0.15) is 46.5 Å². The maximum Gasteiger partial charge on any atom is 0.0226 e. The summed E-state index contributed by atoms with van der Waals surface area (Å²) < 4.78 is 0. The van der Waals surface area contributed by atoms with E-state index >= 15 is 0 Å². The molecule has 1 rings (SSSR count). The number of likely N-dealkylation sites (tertiary alicyclic amines) is 1. The number of likely N-dealkylation sites (N-methyl/N-ethyl adjacent to an activating group) is 1. The lowest BCUT2D eigenvalue weighted by molar-refractivity contribution is 0.156. The molecular formula is C15H33N3. The fraction of sp³-hybridized carbons (Fsp3) is 1.00. The minimum Gasteiger partial charge on any atom is -0.312 e. The van der Waals surface area contributed by atoms with Crippen LogP contribution in [0.3, 0.4) is 0 Å². The standard InChI is InChI=1S/C15H33N3/c1-6-14(7-2)16-11-13(3)18-10-8-9-15(18)12-17(4)5/h13-16H,6-12H2,1-5H3. The highest BCUT2D eigenvalue weighted by Crippen LogP contribution is 2.20. The summed E-state index contributed by atoms with van der Waals surface area (Å²) >= 11 is 0. The second-order valence-electron chi connectivity index (χ2n) is 6.07. The van der Waals surface area contributed by atoms with Crippen molar-refractivity contribution in [2.24, 2.45) is 0 Å². The zero-order valence-corrected chi connectivity index (χ0v) is 13.1. The summed E-state index contributed by atoms with van der Waals surface area (Å²) in [5.74, 6) is 0. The van der Waals surface area contributed by atoms with Gasteiger partial charge in [-0.3, -0.25) is 4.90 Å². The molecule has 18 heavy (non-hydrogen) atoms. The van der Waals surface area contributed by atoms with Crippen LogP contribution in [0.25, 0.3) is 0 Å². The lowest BCUT2D eigenvalue weighted by Crippen LogP contribution is -2.47. The molecule has 1 fully saturated rings. The number of nitrogens with one attached hydrogen (secondary N) is 1. The fourth-order valence-electron chi connectivity index (χ4n) is 3.09. The second kappa shape index (κ2) is 8.13. The van der Waals surface area contributed by atoms with E-state index in [1.165, 1.54) is 38.8 Å². The topological polar surface area (TPSA) is 18.5 Å². The molecule has 0 amide bonds. The Morgan fingerprint density at radius 3 is 2.50 bits per heavy atom. The van der Waals surface area contributed by atoms with E-state index in [-0.39, 0.29) is 0 Å². The molecule has 1 heterocycles. The molecule has 0 aliphatic carbocycles. The molecular weight excluding hydrogens is 222 g/mol. The normalized spacial score (nSPS) is 23.2. The summed E-state index contributed by atoms with van der Waals surface area (Å²) in [6, 6.07) is 2.12. The number of rotatable bonds is 8. The maximum absolute atomic E-state index is 3.71. The van der Waals surface area contributed by atoms with Crippen molar-refractivity contribution >= 4 is 0 Å². The summed E-state index contributed by atoms with van der Waals surface area (Å²) in [4.78, 5) is 5.03. The van der Waals surface area contributed by atoms with Crippen molar-refractivity contribution in [1.82, 2.24) is 15.1 Å². The van der Waals surface area contributed by atoms with E-state index in [4.69, 9.17) is 0 Å². The number of nitrogens with zero attached hydrogens (tertiary/aromatic N) is 2. The molecule has 0 bridgehead atoms. The molecule has 3 heteroatoms. The lowest BCUT2D eigenvalue weighted by atomic mass is 10.1. The van der Waals surface area contributed by atoms with E-state index in [0.29, 0.717) is 12.1 Å². The molecule has 2 atom stereocenters. The number of hydrogen-bond acceptors (Lipinski definition) is 3. The molecule has 1 N–H and O–H groups in total. The van der Waals surface area contributed by atoms with Crippen LogP contribution in [0.15, 0.2) is 0 Å². The first-order valence-electron chi connectivity index (χ1n) is 7.72. The van der Waals surface area contributed by atoms with Gasteiger partial charge in [0, 0.05) is 31.2 Å². The number of hydrogen-bond donors (Lipinski definition) is 1. The van der Waals surface area contributed by atoms with Crippen molar-refractivity contribution in [3.8, 4) is 0 Å². The van der Waals surface area contributed by atoms with Gasteiger partial charge >= 0.3 is 0 Å². The van der Waals surface area contributed by atoms with Gasteiger partial charge in [-0.2, -0.15) is 0 Å². The molecule has 0 saturated carbocycles. The minimum atomic E-state index is 0.665.